The summed E-state index contributed by atoms with van der Waals surface area (Å²) in [7, 11) is 3.96. The Morgan fingerprint density at radius 2 is 1.94 bits per heavy atom. The monoisotopic (exact) mass is 250 g/mol. The van der Waals surface area contributed by atoms with Gasteiger partial charge in [0.2, 0.25) is 0 Å². The number of nitrogens with zero attached hydrogens (tertiary/aromatic N) is 2. The Bertz CT molecular complexity index is 439. The molecular formula is C13H18N2O3. The molecule has 1 amide bonds. The van der Waals surface area contributed by atoms with Gasteiger partial charge in [-0.05, 0) is 32.6 Å². The van der Waals surface area contributed by atoms with Gasteiger partial charge in [-0.3, -0.25) is 4.79 Å². The van der Waals surface area contributed by atoms with Crippen molar-refractivity contribution in [1.82, 2.24) is 9.80 Å². The highest BCUT2D eigenvalue weighted by Gasteiger charge is 2.30. The van der Waals surface area contributed by atoms with Crippen LogP contribution in [0.25, 0.3) is 0 Å². The van der Waals surface area contributed by atoms with Gasteiger partial charge in [0, 0.05) is 19.1 Å². The van der Waals surface area contributed by atoms with E-state index in [1.807, 2.05) is 14.1 Å². The van der Waals surface area contributed by atoms with Crippen molar-refractivity contribution in [3.8, 4) is 11.5 Å². The fourth-order valence-electron chi connectivity index (χ4n) is 2.25. The quantitative estimate of drug-likeness (QED) is 0.817. The van der Waals surface area contributed by atoms with Gasteiger partial charge in [-0.15, -0.1) is 0 Å². The van der Waals surface area contributed by atoms with Gasteiger partial charge in [-0.2, -0.15) is 0 Å². The Morgan fingerprint density at radius 1 is 1.33 bits per heavy atom. The summed E-state index contributed by atoms with van der Waals surface area (Å²) in [5.74, 6) is -0.656. The number of phenolic OH excluding ortho intramolecular Hbond substituents is 2. The highest BCUT2D eigenvalue weighted by molar-refractivity contribution is 5.99. The van der Waals surface area contributed by atoms with Gasteiger partial charge in [-0.25, -0.2) is 0 Å². The Labute approximate surface area is 106 Å². The van der Waals surface area contributed by atoms with Crippen LogP contribution in [-0.4, -0.2) is 59.1 Å². The number of hydrogen-bond acceptors (Lipinski definition) is 4. The molecule has 1 aliphatic rings. The molecule has 5 nitrogen and oxygen atoms in total. The van der Waals surface area contributed by atoms with Gasteiger partial charge < -0.3 is 20.0 Å². The number of likely N-dealkylation sites (N-methyl/N-ethyl adjacent to an activating group) is 1. The van der Waals surface area contributed by atoms with Gasteiger partial charge >= 0.3 is 0 Å². The van der Waals surface area contributed by atoms with Crippen LogP contribution in [-0.2, 0) is 0 Å². The largest absolute Gasteiger partial charge is 0.507 e. The molecule has 2 rings (SSSR count). The molecule has 0 saturated carbocycles. The number of aromatic hydroxyl groups is 2. The summed E-state index contributed by atoms with van der Waals surface area (Å²) in [6, 6.07) is 4.66. The summed E-state index contributed by atoms with van der Waals surface area (Å²) < 4.78 is 0. The third-order valence-electron chi connectivity index (χ3n) is 3.42. The molecule has 98 valence electrons. The summed E-state index contributed by atoms with van der Waals surface area (Å²) in [5, 5.41) is 19.4. The van der Waals surface area contributed by atoms with Crippen molar-refractivity contribution in [2.24, 2.45) is 0 Å². The lowest BCUT2D eigenvalue weighted by atomic mass is 10.1. The van der Waals surface area contributed by atoms with Crippen LogP contribution in [0.15, 0.2) is 18.2 Å². The third kappa shape index (κ3) is 2.26. The van der Waals surface area contributed by atoms with Crippen LogP contribution < -0.4 is 0 Å². The number of hydrogen-bond donors (Lipinski definition) is 2. The number of amides is 1. The molecule has 0 spiro atoms. The van der Waals surface area contributed by atoms with E-state index in [1.54, 1.807) is 4.90 Å². The summed E-state index contributed by atoms with van der Waals surface area (Å²) in [5.41, 5.74) is -0.00286. The molecule has 1 saturated heterocycles. The molecule has 0 radical (unpaired) electrons. The molecule has 1 aromatic carbocycles. The van der Waals surface area contributed by atoms with Crippen molar-refractivity contribution in [2.45, 2.75) is 12.5 Å². The van der Waals surface area contributed by atoms with E-state index in [4.69, 9.17) is 0 Å². The van der Waals surface area contributed by atoms with Gasteiger partial charge in [0.15, 0.2) is 0 Å². The molecule has 1 aliphatic heterocycles. The number of phenols is 2. The normalized spacial score (nSPS) is 19.5. The molecule has 0 aromatic heterocycles. The molecule has 0 bridgehead atoms. The molecular weight excluding hydrogens is 232 g/mol. The zero-order chi connectivity index (χ0) is 13.3. The molecule has 1 heterocycles. The molecule has 1 unspecified atom stereocenters. The van der Waals surface area contributed by atoms with Crippen LogP contribution in [0, 0.1) is 0 Å². The predicted molar refractivity (Wildman–Crippen MR) is 67.8 cm³/mol. The molecule has 5 heteroatoms. The number of rotatable bonds is 2. The minimum Gasteiger partial charge on any atom is -0.507 e. The first-order valence-electron chi connectivity index (χ1n) is 5.97. The van der Waals surface area contributed by atoms with Crippen molar-refractivity contribution < 1.29 is 15.0 Å². The maximum atomic E-state index is 12.2. The van der Waals surface area contributed by atoms with E-state index >= 15 is 0 Å². The molecule has 1 aromatic rings. The molecule has 1 fully saturated rings. The van der Waals surface area contributed by atoms with E-state index in [2.05, 4.69) is 4.90 Å². The first-order chi connectivity index (χ1) is 8.50. The van der Waals surface area contributed by atoms with Crippen molar-refractivity contribution in [1.29, 1.82) is 0 Å². The summed E-state index contributed by atoms with van der Waals surface area (Å²) in [4.78, 5) is 16.0. The Morgan fingerprint density at radius 3 is 2.44 bits per heavy atom. The average Bonchev–Trinajstić information content (AvgIpc) is 2.77. The number of benzene rings is 1. The molecule has 0 aliphatic carbocycles. The van der Waals surface area contributed by atoms with E-state index in [0.29, 0.717) is 19.1 Å². The lowest BCUT2D eigenvalue weighted by Gasteiger charge is -2.21. The fourth-order valence-corrected chi connectivity index (χ4v) is 2.25. The van der Waals surface area contributed by atoms with Crippen molar-refractivity contribution >= 4 is 5.91 Å². The van der Waals surface area contributed by atoms with E-state index in [9.17, 15) is 15.0 Å². The van der Waals surface area contributed by atoms with E-state index in [1.165, 1.54) is 18.2 Å². The zero-order valence-electron chi connectivity index (χ0n) is 10.6. The van der Waals surface area contributed by atoms with Gasteiger partial charge in [0.1, 0.15) is 17.1 Å². The second kappa shape index (κ2) is 4.86. The molecule has 2 N–H and O–H groups in total. The van der Waals surface area contributed by atoms with Crippen molar-refractivity contribution in [3.05, 3.63) is 23.8 Å². The van der Waals surface area contributed by atoms with Crippen molar-refractivity contribution in [2.75, 3.05) is 27.2 Å². The van der Waals surface area contributed by atoms with Crippen LogP contribution in [0.3, 0.4) is 0 Å². The van der Waals surface area contributed by atoms with E-state index < -0.39 is 0 Å². The molecule has 1 atom stereocenters. The van der Waals surface area contributed by atoms with Crippen LogP contribution in [0.1, 0.15) is 16.8 Å². The Balaban J connectivity index is 2.18. The van der Waals surface area contributed by atoms with Gasteiger partial charge in [-0.1, -0.05) is 6.07 Å². The van der Waals surface area contributed by atoms with Crippen LogP contribution in [0.2, 0.25) is 0 Å². The minimum atomic E-state index is -0.310. The zero-order valence-corrected chi connectivity index (χ0v) is 10.6. The number of carbonyl (C=O) groups is 1. The summed E-state index contributed by atoms with van der Waals surface area (Å²) in [6.45, 7) is 1.27. The van der Waals surface area contributed by atoms with Crippen LogP contribution >= 0.6 is 0 Å². The van der Waals surface area contributed by atoms with Gasteiger partial charge in [0.25, 0.3) is 5.91 Å². The Hall–Kier alpha value is -1.75. The highest BCUT2D eigenvalue weighted by atomic mass is 16.3. The number of likely N-dealkylation sites (tertiary alicyclic amines) is 1. The third-order valence-corrected chi connectivity index (χ3v) is 3.42. The van der Waals surface area contributed by atoms with E-state index in [-0.39, 0.29) is 23.0 Å². The van der Waals surface area contributed by atoms with Crippen LogP contribution in [0.5, 0.6) is 11.5 Å². The predicted octanol–water partition coefficient (Wildman–Crippen LogP) is 0.874. The van der Waals surface area contributed by atoms with Crippen molar-refractivity contribution in [3.63, 3.8) is 0 Å². The smallest absolute Gasteiger partial charge is 0.261 e. The summed E-state index contributed by atoms with van der Waals surface area (Å²) >= 11 is 0. The van der Waals surface area contributed by atoms with Crippen LogP contribution in [0.4, 0.5) is 0 Å². The maximum absolute atomic E-state index is 12.2. The van der Waals surface area contributed by atoms with Gasteiger partial charge in [0.05, 0.1) is 0 Å². The summed E-state index contributed by atoms with van der Waals surface area (Å²) in [6.07, 6.45) is 0.910. The maximum Gasteiger partial charge on any atom is 0.261 e. The fraction of sp³-hybridized carbons (Fsp3) is 0.462. The molecule has 18 heavy (non-hydrogen) atoms. The number of carbonyl (C=O) groups excluding carboxylic acids is 1. The SMILES string of the molecule is CN(C)C1CCN(C(=O)c2c(O)cccc2O)C1. The lowest BCUT2D eigenvalue weighted by molar-refractivity contribution is 0.0777. The highest BCUT2D eigenvalue weighted by Crippen LogP contribution is 2.29. The average molecular weight is 250 g/mol. The topological polar surface area (TPSA) is 64.0 Å². The standard InChI is InChI=1S/C13H18N2O3/c1-14(2)9-6-7-15(8-9)13(18)12-10(16)4-3-5-11(12)17/h3-5,9,16-17H,6-8H2,1-2H3. The Kier molecular flexibility index (Phi) is 3.43. The first kappa shape index (κ1) is 12.7. The minimum absolute atomic E-state index is 0.00286. The van der Waals surface area contributed by atoms with E-state index in [0.717, 1.165) is 6.42 Å². The second-order valence-corrected chi connectivity index (χ2v) is 4.83. The first-order valence-corrected chi connectivity index (χ1v) is 5.97. The lowest BCUT2D eigenvalue weighted by Crippen LogP contribution is -2.34. The second-order valence-electron chi connectivity index (χ2n) is 4.83.